The molecule has 1 aliphatic rings. The van der Waals surface area contributed by atoms with Gasteiger partial charge in [0.2, 0.25) is 0 Å². The molecule has 6 nitrogen and oxygen atoms in total. The molecule has 2 heterocycles. The molecule has 0 radical (unpaired) electrons. The number of hydrogen-bond donors (Lipinski definition) is 1. The van der Waals surface area contributed by atoms with Crippen LogP contribution in [0.3, 0.4) is 0 Å². The Morgan fingerprint density at radius 3 is 3.20 bits per heavy atom. The molecule has 6 heteroatoms. The van der Waals surface area contributed by atoms with Crippen molar-refractivity contribution in [2.45, 2.75) is 6.42 Å². The minimum Gasteiger partial charge on any atom is -0.395 e. The van der Waals surface area contributed by atoms with E-state index in [0.717, 1.165) is 12.1 Å². The van der Waals surface area contributed by atoms with Gasteiger partial charge in [-0.05, 0) is 0 Å². The van der Waals surface area contributed by atoms with Crippen LogP contribution in [-0.4, -0.2) is 34.6 Å². The van der Waals surface area contributed by atoms with Crippen molar-refractivity contribution in [3.63, 3.8) is 0 Å². The molecule has 0 unspecified atom stereocenters. The minimum atomic E-state index is -0.141. The lowest BCUT2D eigenvalue weighted by Crippen LogP contribution is -2.28. The first-order chi connectivity index (χ1) is 7.25. The van der Waals surface area contributed by atoms with Gasteiger partial charge in [0.1, 0.15) is 6.61 Å². The summed E-state index contributed by atoms with van der Waals surface area (Å²) in [5, 5.41) is 10.5. The molecule has 0 atom stereocenters. The topological polar surface area (TPSA) is 68.5 Å². The number of aryl methyl sites for hydroxylation is 1. The Labute approximate surface area is 86.9 Å². The van der Waals surface area contributed by atoms with Gasteiger partial charge in [-0.25, -0.2) is 0 Å². The SMILES string of the molecule is Cn1cc(C(=O)NCC2=NOCC2)cn1. The van der Waals surface area contributed by atoms with Crippen molar-refractivity contribution in [2.24, 2.45) is 12.2 Å². The highest BCUT2D eigenvalue weighted by molar-refractivity contribution is 5.97. The molecule has 0 bridgehead atoms. The number of amides is 1. The Balaban J connectivity index is 1.87. The molecule has 1 aliphatic heterocycles. The van der Waals surface area contributed by atoms with Gasteiger partial charge in [0, 0.05) is 19.7 Å². The molecular formula is C9H12N4O2. The lowest BCUT2D eigenvalue weighted by molar-refractivity contribution is 0.0959. The first-order valence-electron chi connectivity index (χ1n) is 4.70. The van der Waals surface area contributed by atoms with Crippen LogP contribution in [0.15, 0.2) is 17.5 Å². The number of carbonyl (C=O) groups excluding carboxylic acids is 1. The van der Waals surface area contributed by atoms with Gasteiger partial charge in [-0.3, -0.25) is 9.48 Å². The van der Waals surface area contributed by atoms with E-state index in [1.165, 1.54) is 6.20 Å². The lowest BCUT2D eigenvalue weighted by atomic mass is 10.2. The smallest absolute Gasteiger partial charge is 0.254 e. The van der Waals surface area contributed by atoms with Crippen LogP contribution in [0.4, 0.5) is 0 Å². The number of rotatable bonds is 3. The molecule has 0 fully saturated rings. The van der Waals surface area contributed by atoms with Crippen molar-refractivity contribution < 1.29 is 9.63 Å². The van der Waals surface area contributed by atoms with Crippen LogP contribution in [0.25, 0.3) is 0 Å². The van der Waals surface area contributed by atoms with Crippen molar-refractivity contribution in [1.29, 1.82) is 0 Å². The zero-order chi connectivity index (χ0) is 10.7. The zero-order valence-electron chi connectivity index (χ0n) is 8.43. The van der Waals surface area contributed by atoms with E-state index >= 15 is 0 Å². The number of oxime groups is 1. The van der Waals surface area contributed by atoms with Crippen molar-refractivity contribution in [1.82, 2.24) is 15.1 Å². The third-order valence-corrected chi connectivity index (χ3v) is 2.10. The first-order valence-corrected chi connectivity index (χ1v) is 4.70. The summed E-state index contributed by atoms with van der Waals surface area (Å²) in [4.78, 5) is 16.4. The van der Waals surface area contributed by atoms with E-state index in [2.05, 4.69) is 15.6 Å². The summed E-state index contributed by atoms with van der Waals surface area (Å²) < 4.78 is 1.59. The maximum absolute atomic E-state index is 11.6. The molecule has 80 valence electrons. The second-order valence-electron chi connectivity index (χ2n) is 3.33. The number of hydrogen-bond acceptors (Lipinski definition) is 4. The Kier molecular flexibility index (Phi) is 2.66. The molecular weight excluding hydrogens is 196 g/mol. The van der Waals surface area contributed by atoms with Gasteiger partial charge in [0.15, 0.2) is 0 Å². The molecule has 0 saturated heterocycles. The molecule has 1 amide bonds. The van der Waals surface area contributed by atoms with E-state index < -0.39 is 0 Å². The van der Waals surface area contributed by atoms with E-state index in [9.17, 15) is 4.79 Å². The summed E-state index contributed by atoms with van der Waals surface area (Å²) in [6.45, 7) is 1.05. The highest BCUT2D eigenvalue weighted by Crippen LogP contribution is 2.00. The number of aromatic nitrogens is 2. The van der Waals surface area contributed by atoms with Gasteiger partial charge in [0.05, 0.1) is 24.0 Å². The van der Waals surface area contributed by atoms with Crippen LogP contribution in [-0.2, 0) is 11.9 Å². The van der Waals surface area contributed by atoms with Gasteiger partial charge >= 0.3 is 0 Å². The summed E-state index contributed by atoms with van der Waals surface area (Å²) in [7, 11) is 1.77. The summed E-state index contributed by atoms with van der Waals surface area (Å²) >= 11 is 0. The summed E-state index contributed by atoms with van der Waals surface area (Å²) in [5.74, 6) is -0.141. The maximum Gasteiger partial charge on any atom is 0.254 e. The van der Waals surface area contributed by atoms with Crippen LogP contribution in [0.5, 0.6) is 0 Å². The number of nitrogens with one attached hydrogen (secondary N) is 1. The van der Waals surface area contributed by atoms with Crippen LogP contribution < -0.4 is 5.32 Å². The van der Waals surface area contributed by atoms with Crippen LogP contribution in [0.1, 0.15) is 16.8 Å². The molecule has 0 saturated carbocycles. The predicted molar refractivity (Wildman–Crippen MR) is 53.5 cm³/mol. The minimum absolute atomic E-state index is 0.141. The molecule has 0 aliphatic carbocycles. The summed E-state index contributed by atoms with van der Waals surface area (Å²) in [5.41, 5.74) is 1.42. The predicted octanol–water partition coefficient (Wildman–Crippen LogP) is -0.0738. The van der Waals surface area contributed by atoms with E-state index in [-0.39, 0.29) is 5.91 Å². The summed E-state index contributed by atoms with van der Waals surface area (Å²) in [6.07, 6.45) is 3.98. The van der Waals surface area contributed by atoms with Crippen LogP contribution in [0.2, 0.25) is 0 Å². The average Bonchev–Trinajstić information content (AvgIpc) is 2.84. The van der Waals surface area contributed by atoms with Crippen molar-refractivity contribution >= 4 is 11.6 Å². The highest BCUT2D eigenvalue weighted by atomic mass is 16.6. The Hall–Kier alpha value is -1.85. The fraction of sp³-hybridized carbons (Fsp3) is 0.444. The molecule has 1 aromatic rings. The Morgan fingerprint density at radius 1 is 1.73 bits per heavy atom. The van der Waals surface area contributed by atoms with E-state index in [4.69, 9.17) is 4.84 Å². The molecule has 1 aromatic heterocycles. The van der Waals surface area contributed by atoms with Crippen molar-refractivity contribution in [2.75, 3.05) is 13.2 Å². The largest absolute Gasteiger partial charge is 0.395 e. The van der Waals surface area contributed by atoms with Gasteiger partial charge in [-0.1, -0.05) is 5.16 Å². The maximum atomic E-state index is 11.6. The number of carbonyl (C=O) groups is 1. The molecule has 0 spiro atoms. The van der Waals surface area contributed by atoms with Gasteiger partial charge in [-0.2, -0.15) is 5.10 Å². The second-order valence-corrected chi connectivity index (χ2v) is 3.33. The van der Waals surface area contributed by atoms with Crippen LogP contribution >= 0.6 is 0 Å². The van der Waals surface area contributed by atoms with Crippen molar-refractivity contribution in [3.05, 3.63) is 18.0 Å². The molecule has 0 aromatic carbocycles. The molecule has 15 heavy (non-hydrogen) atoms. The number of nitrogens with zero attached hydrogens (tertiary/aromatic N) is 3. The summed E-state index contributed by atoms with van der Waals surface area (Å²) in [6, 6.07) is 0. The lowest BCUT2D eigenvalue weighted by Gasteiger charge is -2.00. The highest BCUT2D eigenvalue weighted by Gasteiger charge is 2.11. The Bertz CT molecular complexity index is 397. The van der Waals surface area contributed by atoms with E-state index in [1.54, 1.807) is 17.9 Å². The Morgan fingerprint density at radius 2 is 2.60 bits per heavy atom. The quantitative estimate of drug-likeness (QED) is 0.755. The van der Waals surface area contributed by atoms with Gasteiger partial charge < -0.3 is 10.2 Å². The normalized spacial score (nSPS) is 14.6. The van der Waals surface area contributed by atoms with Crippen LogP contribution in [0, 0.1) is 0 Å². The monoisotopic (exact) mass is 208 g/mol. The average molecular weight is 208 g/mol. The standard InChI is InChI=1S/C9H12N4O2/c1-13-6-7(4-11-13)9(14)10-5-8-2-3-15-12-8/h4,6H,2-3,5H2,1H3,(H,10,14). The van der Waals surface area contributed by atoms with Crippen molar-refractivity contribution in [3.8, 4) is 0 Å². The third kappa shape index (κ3) is 2.34. The fourth-order valence-corrected chi connectivity index (χ4v) is 1.29. The molecule has 1 N–H and O–H groups in total. The van der Waals surface area contributed by atoms with E-state index in [1.807, 2.05) is 0 Å². The second kappa shape index (κ2) is 4.12. The molecule has 2 rings (SSSR count). The zero-order valence-corrected chi connectivity index (χ0v) is 8.43. The van der Waals surface area contributed by atoms with E-state index in [0.29, 0.717) is 18.7 Å². The fourth-order valence-electron chi connectivity index (χ4n) is 1.29. The van der Waals surface area contributed by atoms with Gasteiger partial charge in [0.25, 0.3) is 5.91 Å². The first kappa shape index (κ1) is 9.70. The van der Waals surface area contributed by atoms with Gasteiger partial charge in [-0.15, -0.1) is 0 Å². The third-order valence-electron chi connectivity index (χ3n) is 2.10.